The van der Waals surface area contributed by atoms with E-state index in [1.165, 1.54) is 0 Å². The third-order valence-corrected chi connectivity index (χ3v) is 4.10. The van der Waals surface area contributed by atoms with Crippen molar-refractivity contribution in [1.82, 2.24) is 16.4 Å². The summed E-state index contributed by atoms with van der Waals surface area (Å²) in [7, 11) is 1.94. The van der Waals surface area contributed by atoms with Crippen LogP contribution >= 0.6 is 0 Å². The Hall–Kier alpha value is -1.96. The molecule has 2 amide bonds. The van der Waals surface area contributed by atoms with E-state index in [4.69, 9.17) is 0 Å². The van der Waals surface area contributed by atoms with Crippen LogP contribution in [0.1, 0.15) is 12.8 Å². The van der Waals surface area contributed by atoms with Crippen LogP contribution in [0.15, 0.2) is 0 Å². The van der Waals surface area contributed by atoms with Crippen molar-refractivity contribution < 1.29 is 9.59 Å². The van der Waals surface area contributed by atoms with Crippen molar-refractivity contribution in [1.29, 1.82) is 10.5 Å². The van der Waals surface area contributed by atoms with E-state index in [1.54, 1.807) is 0 Å². The normalized spacial score (nSPS) is 29.8. The second-order valence-electron chi connectivity index (χ2n) is 5.01. The molecule has 19 heavy (non-hydrogen) atoms. The first-order chi connectivity index (χ1) is 8.55. The minimum Gasteiger partial charge on any atom is -0.344 e. The molecule has 2 aliphatic rings. The summed E-state index contributed by atoms with van der Waals surface area (Å²) in [5.41, 5.74) is -0.810. The topological polar surface area (TPSA) is 132 Å². The van der Waals surface area contributed by atoms with E-state index in [9.17, 15) is 20.1 Å². The summed E-state index contributed by atoms with van der Waals surface area (Å²) in [6.07, 6.45) is 1.05. The number of hydrogen-bond acceptors (Lipinski definition) is 6. The monoisotopic (exact) mass is 263 g/mol. The van der Waals surface area contributed by atoms with Gasteiger partial charge in [0.05, 0.1) is 12.1 Å². The highest BCUT2D eigenvalue weighted by Crippen LogP contribution is 2.47. The molecule has 7 heteroatoms. The van der Waals surface area contributed by atoms with Crippen LogP contribution < -0.4 is 11.5 Å². The number of nitrogens with one attached hydrogen (secondary N) is 1. The number of rotatable bonds is 0. The lowest BCUT2D eigenvalue weighted by atomic mass is 9.59. The summed E-state index contributed by atoms with van der Waals surface area (Å²) in [6.45, 7) is 1.38. The van der Waals surface area contributed by atoms with Crippen molar-refractivity contribution in [3.63, 3.8) is 0 Å². The Morgan fingerprint density at radius 1 is 1.16 bits per heavy atom. The molecular formula is C12H17N5O2. The number of carbonyl (C=O) groups is 2. The minimum atomic E-state index is -0.909. The zero-order chi connectivity index (χ0) is 13.3. The average Bonchev–Trinajstić information content (AvgIpc) is 2.33. The maximum Gasteiger partial charge on any atom is 0.244 e. The summed E-state index contributed by atoms with van der Waals surface area (Å²) in [5.74, 6) is -2.93. The molecule has 7 nitrogen and oxygen atoms in total. The molecule has 2 rings (SSSR count). The second kappa shape index (κ2) is 5.35. The van der Waals surface area contributed by atoms with Crippen LogP contribution in [0.3, 0.4) is 0 Å². The van der Waals surface area contributed by atoms with E-state index in [0.29, 0.717) is 25.9 Å². The molecule has 2 atom stereocenters. The Bertz CT molecular complexity index is 433. The Morgan fingerprint density at radius 2 is 1.58 bits per heavy atom. The molecule has 0 aromatic carbocycles. The minimum absolute atomic E-state index is 0. The number of hydrogen-bond donors (Lipinski definition) is 2. The lowest BCUT2D eigenvalue weighted by Gasteiger charge is -2.46. The number of piperidine rings is 2. The van der Waals surface area contributed by atoms with E-state index in [2.05, 4.69) is 10.2 Å². The third kappa shape index (κ3) is 2.19. The fourth-order valence-electron chi connectivity index (χ4n) is 2.94. The van der Waals surface area contributed by atoms with Gasteiger partial charge in [0.2, 0.25) is 11.8 Å². The zero-order valence-electron chi connectivity index (χ0n) is 10.8. The lowest BCUT2D eigenvalue weighted by Crippen LogP contribution is -2.60. The van der Waals surface area contributed by atoms with Crippen molar-refractivity contribution >= 4 is 11.8 Å². The molecule has 0 aromatic heterocycles. The second-order valence-corrected chi connectivity index (χ2v) is 5.01. The number of imide groups is 1. The highest BCUT2D eigenvalue weighted by atomic mass is 16.2. The van der Waals surface area contributed by atoms with Gasteiger partial charge in [-0.1, -0.05) is 0 Å². The Kier molecular flexibility index (Phi) is 4.25. The molecular weight excluding hydrogens is 246 g/mol. The van der Waals surface area contributed by atoms with Gasteiger partial charge in [-0.15, -0.1) is 0 Å². The predicted molar refractivity (Wildman–Crippen MR) is 65.5 cm³/mol. The number of likely N-dealkylation sites (tertiary alicyclic amines) is 1. The first kappa shape index (κ1) is 15.1. The Balaban J connectivity index is 0.00000180. The van der Waals surface area contributed by atoms with Crippen molar-refractivity contribution in [2.24, 2.45) is 17.3 Å². The van der Waals surface area contributed by atoms with Crippen LogP contribution in [0, 0.1) is 39.9 Å². The van der Waals surface area contributed by atoms with E-state index in [0.717, 1.165) is 0 Å². The van der Waals surface area contributed by atoms with E-state index < -0.39 is 29.1 Å². The Labute approximate surface area is 111 Å². The molecule has 4 N–H and O–H groups in total. The van der Waals surface area contributed by atoms with Gasteiger partial charge >= 0.3 is 0 Å². The largest absolute Gasteiger partial charge is 0.344 e. The van der Waals surface area contributed by atoms with Gasteiger partial charge in [0, 0.05) is 5.41 Å². The first-order valence-corrected chi connectivity index (χ1v) is 5.87. The highest BCUT2D eigenvalue weighted by Gasteiger charge is 2.56. The summed E-state index contributed by atoms with van der Waals surface area (Å²) in [5, 5.41) is 20.5. The molecule has 0 saturated carbocycles. The molecule has 102 valence electrons. The quantitative estimate of drug-likeness (QED) is 0.581. The maximum absolute atomic E-state index is 11.8. The molecule has 2 unspecified atom stereocenters. The molecule has 2 heterocycles. The van der Waals surface area contributed by atoms with E-state index in [1.807, 2.05) is 19.2 Å². The smallest absolute Gasteiger partial charge is 0.244 e. The van der Waals surface area contributed by atoms with Gasteiger partial charge in [-0.25, -0.2) is 0 Å². The van der Waals surface area contributed by atoms with Crippen LogP contribution in [0.2, 0.25) is 0 Å². The molecule has 2 saturated heterocycles. The average molecular weight is 263 g/mol. The molecule has 2 fully saturated rings. The van der Waals surface area contributed by atoms with E-state index in [-0.39, 0.29) is 6.15 Å². The van der Waals surface area contributed by atoms with Gasteiger partial charge in [-0.3, -0.25) is 14.9 Å². The summed E-state index contributed by atoms with van der Waals surface area (Å²) in [6, 6.07) is 3.96. The lowest BCUT2D eigenvalue weighted by molar-refractivity contribution is -0.147. The number of carbonyl (C=O) groups excluding carboxylic acids is 2. The summed E-state index contributed by atoms with van der Waals surface area (Å²) in [4.78, 5) is 25.6. The molecule has 0 radical (unpaired) electrons. The van der Waals surface area contributed by atoms with Gasteiger partial charge in [0.15, 0.2) is 0 Å². The first-order valence-electron chi connectivity index (χ1n) is 5.87. The van der Waals surface area contributed by atoms with Crippen molar-refractivity contribution in [3.05, 3.63) is 0 Å². The summed E-state index contributed by atoms with van der Waals surface area (Å²) >= 11 is 0. The highest BCUT2D eigenvalue weighted by molar-refractivity contribution is 6.03. The van der Waals surface area contributed by atoms with E-state index >= 15 is 0 Å². The fourth-order valence-corrected chi connectivity index (χ4v) is 2.94. The van der Waals surface area contributed by atoms with Gasteiger partial charge in [-0.05, 0) is 33.0 Å². The number of nitriles is 2. The van der Waals surface area contributed by atoms with Gasteiger partial charge in [0.1, 0.15) is 11.8 Å². The molecule has 2 aliphatic heterocycles. The van der Waals surface area contributed by atoms with Crippen LogP contribution in [-0.4, -0.2) is 36.9 Å². The van der Waals surface area contributed by atoms with Crippen molar-refractivity contribution in [2.45, 2.75) is 12.8 Å². The zero-order valence-corrected chi connectivity index (χ0v) is 10.8. The standard InChI is InChI=1S/C12H14N4O2.H3N/c1-16-4-2-12(3-5-16)8(6-13)10(17)15-11(18)9(12)7-14;/h8-9H,2-5H2,1H3,(H,15,17,18);1H3. The van der Waals surface area contributed by atoms with Gasteiger partial charge < -0.3 is 11.1 Å². The van der Waals surface area contributed by atoms with Crippen molar-refractivity contribution in [2.75, 3.05) is 20.1 Å². The molecule has 0 bridgehead atoms. The van der Waals surface area contributed by atoms with Crippen LogP contribution in [0.4, 0.5) is 0 Å². The van der Waals surface area contributed by atoms with Gasteiger partial charge in [0.25, 0.3) is 0 Å². The van der Waals surface area contributed by atoms with Crippen LogP contribution in [-0.2, 0) is 9.59 Å². The van der Waals surface area contributed by atoms with Crippen LogP contribution in [0.5, 0.6) is 0 Å². The third-order valence-electron chi connectivity index (χ3n) is 4.10. The Morgan fingerprint density at radius 3 is 1.95 bits per heavy atom. The molecule has 0 aromatic rings. The predicted octanol–water partition coefficient (Wildman–Crippen LogP) is -0.204. The van der Waals surface area contributed by atoms with Crippen LogP contribution in [0.25, 0.3) is 0 Å². The fraction of sp³-hybridized carbons (Fsp3) is 0.667. The number of amides is 2. The van der Waals surface area contributed by atoms with Crippen molar-refractivity contribution in [3.8, 4) is 12.1 Å². The van der Waals surface area contributed by atoms with Gasteiger partial charge in [-0.2, -0.15) is 10.5 Å². The maximum atomic E-state index is 11.8. The molecule has 0 aliphatic carbocycles. The molecule has 1 spiro atoms. The summed E-state index contributed by atoms with van der Waals surface area (Å²) < 4.78 is 0. The number of nitrogens with zero attached hydrogens (tertiary/aromatic N) is 3. The SMILES string of the molecule is CN1CCC2(CC1)C(C#N)C(=O)NC(=O)C2C#N.N.